The first-order chi connectivity index (χ1) is 5.08. The topological polar surface area (TPSA) is 55.4 Å². The minimum absolute atomic E-state index is 0. The third-order valence-corrected chi connectivity index (χ3v) is 1.90. The van der Waals surface area contributed by atoms with Gasteiger partial charge in [0.1, 0.15) is 5.54 Å². The first kappa shape index (κ1) is 8.04. The molecule has 4 heteroatoms. The predicted octanol–water partition coefficient (Wildman–Crippen LogP) is 0.0741. The summed E-state index contributed by atoms with van der Waals surface area (Å²) >= 11 is 0. The van der Waals surface area contributed by atoms with E-state index in [1.54, 1.807) is 6.92 Å². The smallest absolute Gasteiger partial charge is 0.331 e. The van der Waals surface area contributed by atoms with Crippen molar-refractivity contribution in [3.8, 4) is 0 Å². The van der Waals surface area contributed by atoms with Crippen LogP contribution in [0, 0.1) is 0 Å². The number of rotatable bonds is 1. The fourth-order valence-electron chi connectivity index (χ4n) is 1.17. The number of ether oxygens (including phenoxy) is 1. The van der Waals surface area contributed by atoms with Gasteiger partial charge in [-0.15, -0.1) is 0 Å². The zero-order valence-electron chi connectivity index (χ0n) is 6.64. The minimum atomic E-state index is -0.786. The van der Waals surface area contributed by atoms with E-state index in [4.69, 9.17) is 0 Å². The molecule has 1 N–H and O–H groups in total. The van der Waals surface area contributed by atoms with Crippen molar-refractivity contribution in [1.29, 1.82) is 0 Å². The van der Waals surface area contributed by atoms with E-state index in [9.17, 15) is 9.59 Å². The highest BCUT2D eigenvalue weighted by Gasteiger charge is 2.40. The van der Waals surface area contributed by atoms with Gasteiger partial charge < -0.3 is 10.1 Å². The van der Waals surface area contributed by atoms with Crippen molar-refractivity contribution in [3.63, 3.8) is 0 Å². The van der Waals surface area contributed by atoms with Gasteiger partial charge in [-0.3, -0.25) is 4.79 Å². The third kappa shape index (κ3) is 1.34. The maximum Gasteiger partial charge on any atom is 0.331 e. The molecule has 1 aliphatic rings. The SMILES string of the molecule is COC(=O)[C@@]1(C)CCC(=O)N1.[HH]. The average molecular weight is 159 g/mol. The van der Waals surface area contributed by atoms with Gasteiger partial charge in [0.25, 0.3) is 0 Å². The van der Waals surface area contributed by atoms with Gasteiger partial charge in [0, 0.05) is 7.85 Å². The molecule has 0 aliphatic carbocycles. The van der Waals surface area contributed by atoms with Crippen LogP contribution in [-0.2, 0) is 14.3 Å². The van der Waals surface area contributed by atoms with Crippen molar-refractivity contribution in [2.75, 3.05) is 7.11 Å². The summed E-state index contributed by atoms with van der Waals surface area (Å²) in [4.78, 5) is 21.8. The molecule has 1 rings (SSSR count). The van der Waals surface area contributed by atoms with Gasteiger partial charge in [-0.2, -0.15) is 0 Å². The molecule has 64 valence electrons. The third-order valence-electron chi connectivity index (χ3n) is 1.90. The lowest BCUT2D eigenvalue weighted by atomic mass is 10.0. The average Bonchev–Trinajstić information content (AvgIpc) is 2.31. The molecule has 1 aliphatic heterocycles. The second-order valence-electron chi connectivity index (χ2n) is 2.87. The molecular formula is C7H13NO3. The molecule has 0 radical (unpaired) electrons. The first-order valence-electron chi connectivity index (χ1n) is 3.48. The van der Waals surface area contributed by atoms with Gasteiger partial charge in [0.05, 0.1) is 7.11 Å². The molecule has 1 heterocycles. The van der Waals surface area contributed by atoms with Crippen LogP contribution in [0.15, 0.2) is 0 Å². The Morgan fingerprint density at radius 2 is 2.45 bits per heavy atom. The van der Waals surface area contributed by atoms with E-state index in [0.717, 1.165) is 0 Å². The number of hydrogen-bond acceptors (Lipinski definition) is 3. The molecule has 4 nitrogen and oxygen atoms in total. The molecule has 11 heavy (non-hydrogen) atoms. The highest BCUT2D eigenvalue weighted by atomic mass is 16.5. The number of methoxy groups -OCH3 is 1. The zero-order valence-corrected chi connectivity index (χ0v) is 6.64. The Kier molecular flexibility index (Phi) is 1.85. The maximum absolute atomic E-state index is 11.0. The summed E-state index contributed by atoms with van der Waals surface area (Å²) in [5.74, 6) is -0.457. The molecule has 1 amide bonds. The zero-order chi connectivity index (χ0) is 8.48. The minimum Gasteiger partial charge on any atom is -0.467 e. The van der Waals surface area contributed by atoms with Crippen LogP contribution in [0.3, 0.4) is 0 Å². The largest absolute Gasteiger partial charge is 0.467 e. The Bertz CT molecular complexity index is 207. The van der Waals surface area contributed by atoms with Gasteiger partial charge in [-0.25, -0.2) is 4.79 Å². The van der Waals surface area contributed by atoms with Crippen LogP contribution in [-0.4, -0.2) is 24.5 Å². The first-order valence-corrected chi connectivity index (χ1v) is 3.48. The van der Waals surface area contributed by atoms with Crippen molar-refractivity contribution in [3.05, 3.63) is 0 Å². The molecular weight excluding hydrogens is 146 g/mol. The quantitative estimate of drug-likeness (QED) is 0.551. The van der Waals surface area contributed by atoms with Crippen molar-refractivity contribution in [2.45, 2.75) is 25.3 Å². The van der Waals surface area contributed by atoms with Gasteiger partial charge in [0.15, 0.2) is 0 Å². The van der Waals surface area contributed by atoms with Crippen LogP contribution < -0.4 is 5.32 Å². The summed E-state index contributed by atoms with van der Waals surface area (Å²) in [5, 5.41) is 2.57. The van der Waals surface area contributed by atoms with Crippen LogP contribution >= 0.6 is 0 Å². The summed E-state index contributed by atoms with van der Waals surface area (Å²) < 4.78 is 4.53. The van der Waals surface area contributed by atoms with Crippen LogP contribution in [0.2, 0.25) is 0 Å². The second-order valence-corrected chi connectivity index (χ2v) is 2.87. The number of amides is 1. The van der Waals surface area contributed by atoms with Crippen molar-refractivity contribution in [2.24, 2.45) is 0 Å². The lowest BCUT2D eigenvalue weighted by molar-refractivity contribution is -0.148. The van der Waals surface area contributed by atoms with Crippen LogP contribution in [0.1, 0.15) is 21.2 Å². The summed E-state index contributed by atoms with van der Waals surface area (Å²) in [6.07, 6.45) is 0.935. The van der Waals surface area contributed by atoms with Crippen molar-refractivity contribution < 1.29 is 15.8 Å². The molecule has 1 saturated heterocycles. The molecule has 0 aromatic rings. The maximum atomic E-state index is 11.0. The predicted molar refractivity (Wildman–Crippen MR) is 39.9 cm³/mol. The molecule has 0 spiro atoms. The lowest BCUT2D eigenvalue weighted by Gasteiger charge is -2.19. The highest BCUT2D eigenvalue weighted by Crippen LogP contribution is 2.20. The Morgan fingerprint density at radius 3 is 2.82 bits per heavy atom. The van der Waals surface area contributed by atoms with Crippen LogP contribution in [0.5, 0.6) is 0 Å². The molecule has 0 unspecified atom stereocenters. The van der Waals surface area contributed by atoms with Crippen LogP contribution in [0.4, 0.5) is 0 Å². The van der Waals surface area contributed by atoms with E-state index in [2.05, 4.69) is 10.1 Å². The van der Waals surface area contributed by atoms with Crippen molar-refractivity contribution in [1.82, 2.24) is 5.32 Å². The van der Waals surface area contributed by atoms with Gasteiger partial charge >= 0.3 is 5.97 Å². The summed E-state index contributed by atoms with van der Waals surface area (Å²) in [5.41, 5.74) is -0.786. The Hall–Kier alpha value is -1.06. The van der Waals surface area contributed by atoms with E-state index < -0.39 is 5.54 Å². The number of hydrogen-bond donors (Lipinski definition) is 1. The Balaban J connectivity index is 0.00000121. The summed E-state index contributed by atoms with van der Waals surface area (Å²) in [7, 11) is 1.32. The molecule has 0 aromatic carbocycles. The highest BCUT2D eigenvalue weighted by molar-refractivity contribution is 5.91. The normalized spacial score (nSPS) is 29.8. The van der Waals surface area contributed by atoms with Crippen molar-refractivity contribution >= 4 is 11.9 Å². The van der Waals surface area contributed by atoms with E-state index in [1.165, 1.54) is 7.11 Å². The molecule has 0 aromatic heterocycles. The second kappa shape index (κ2) is 2.53. The molecule has 0 bridgehead atoms. The van der Waals surface area contributed by atoms with E-state index >= 15 is 0 Å². The van der Waals surface area contributed by atoms with Gasteiger partial charge in [0.2, 0.25) is 5.91 Å². The number of esters is 1. The summed E-state index contributed by atoms with van der Waals surface area (Å²) in [6, 6.07) is 0. The Morgan fingerprint density at radius 1 is 1.82 bits per heavy atom. The molecule has 1 atom stereocenters. The standard InChI is InChI=1S/C7H11NO3.H2/c1-7(6(10)11-2)4-3-5(9)8-7;/h3-4H2,1-2H3,(H,8,9);1H/t7-;/m1./s1. The van der Waals surface area contributed by atoms with E-state index in [-0.39, 0.29) is 13.3 Å². The lowest BCUT2D eigenvalue weighted by Crippen LogP contribution is -2.46. The number of carbonyl (C=O) groups excluding carboxylic acids is 2. The fourth-order valence-corrected chi connectivity index (χ4v) is 1.17. The van der Waals surface area contributed by atoms with E-state index in [1.807, 2.05) is 0 Å². The molecule has 1 fully saturated rings. The Labute approximate surface area is 66.4 Å². The number of carbonyl (C=O) groups is 2. The van der Waals surface area contributed by atoms with Crippen LogP contribution in [0.25, 0.3) is 0 Å². The van der Waals surface area contributed by atoms with Gasteiger partial charge in [-0.05, 0) is 13.3 Å². The van der Waals surface area contributed by atoms with Gasteiger partial charge in [-0.1, -0.05) is 0 Å². The summed E-state index contributed by atoms with van der Waals surface area (Å²) in [6.45, 7) is 1.67. The van der Waals surface area contributed by atoms with E-state index in [0.29, 0.717) is 12.8 Å². The number of nitrogens with one attached hydrogen (secondary N) is 1. The molecule has 0 saturated carbocycles. The fraction of sp³-hybridized carbons (Fsp3) is 0.714. The monoisotopic (exact) mass is 159 g/mol.